The van der Waals surface area contributed by atoms with Gasteiger partial charge in [-0.15, -0.1) is 0 Å². The minimum Gasteiger partial charge on any atom is -0.343 e. The van der Waals surface area contributed by atoms with Crippen LogP contribution in [0.25, 0.3) is 11.0 Å². The van der Waals surface area contributed by atoms with Crippen molar-refractivity contribution in [1.29, 1.82) is 0 Å². The molecule has 0 atom stereocenters. The molecule has 3 rings (SSSR count). The van der Waals surface area contributed by atoms with Crippen LogP contribution in [0.5, 0.6) is 0 Å². The van der Waals surface area contributed by atoms with E-state index in [-0.39, 0.29) is 0 Å². The highest BCUT2D eigenvalue weighted by Gasteiger charge is 2.24. The molecule has 1 saturated carbocycles. The van der Waals surface area contributed by atoms with Crippen LogP contribution in [0, 0.1) is 6.92 Å². The average Bonchev–Trinajstić information content (AvgIpc) is 2.66. The molecule has 0 amide bonds. The van der Waals surface area contributed by atoms with Crippen LogP contribution in [0.1, 0.15) is 42.9 Å². The lowest BCUT2D eigenvalue weighted by Crippen LogP contribution is -2.25. The topological polar surface area (TPSA) is 67.6 Å². The maximum Gasteiger partial charge on any atom is 0.141 e. The number of hydrogen-bond donors (Lipinski definition) is 2. The third-order valence-corrected chi connectivity index (χ3v) is 3.89. The van der Waals surface area contributed by atoms with Gasteiger partial charge in [0.05, 0.1) is 0 Å². The van der Waals surface area contributed by atoms with E-state index >= 15 is 0 Å². The first-order valence-corrected chi connectivity index (χ1v) is 6.29. The van der Waals surface area contributed by atoms with Crippen molar-refractivity contribution in [1.82, 2.24) is 15.0 Å². The van der Waals surface area contributed by atoms with Crippen molar-refractivity contribution in [3.05, 3.63) is 23.8 Å². The number of aryl methyl sites for hydroxylation is 1. The fourth-order valence-corrected chi connectivity index (χ4v) is 3.01. The van der Waals surface area contributed by atoms with Gasteiger partial charge in [-0.2, -0.15) is 0 Å². The number of nitrogens with two attached hydrogens (primary N) is 1. The minimum absolute atomic E-state index is 0.396. The molecule has 1 aliphatic rings. The van der Waals surface area contributed by atoms with E-state index in [1.807, 2.05) is 6.20 Å². The van der Waals surface area contributed by atoms with E-state index in [4.69, 9.17) is 5.73 Å². The maximum absolute atomic E-state index is 5.97. The molecular weight excluding hydrogens is 212 g/mol. The van der Waals surface area contributed by atoms with Gasteiger partial charge in [0.2, 0.25) is 0 Å². The molecule has 0 saturated heterocycles. The Kier molecular flexibility index (Phi) is 2.59. The molecule has 4 heteroatoms. The van der Waals surface area contributed by atoms with Gasteiger partial charge in [-0.3, -0.25) is 0 Å². The molecule has 17 heavy (non-hydrogen) atoms. The second-order valence-electron chi connectivity index (χ2n) is 5.06. The number of aromatic nitrogens is 3. The standard InChI is InChI=1S/C13H18N4/c1-8-12(9-2-4-10(14)5-3-9)11-6-15-7-16-13(11)17-8/h6-7,9-10H,2-5,14H2,1H3,(H,15,16,17). The summed E-state index contributed by atoms with van der Waals surface area (Å²) < 4.78 is 0. The Labute approximate surface area is 101 Å². The second-order valence-corrected chi connectivity index (χ2v) is 5.06. The molecule has 0 spiro atoms. The van der Waals surface area contributed by atoms with Gasteiger partial charge in [-0.05, 0) is 44.1 Å². The van der Waals surface area contributed by atoms with Gasteiger partial charge in [-0.1, -0.05) is 0 Å². The van der Waals surface area contributed by atoms with Crippen molar-refractivity contribution in [2.24, 2.45) is 5.73 Å². The molecular formula is C13H18N4. The fraction of sp³-hybridized carbons (Fsp3) is 0.538. The lowest BCUT2D eigenvalue weighted by atomic mass is 9.81. The number of nitrogens with zero attached hydrogens (tertiary/aromatic N) is 2. The summed E-state index contributed by atoms with van der Waals surface area (Å²) in [4.78, 5) is 11.8. The summed E-state index contributed by atoms with van der Waals surface area (Å²) in [5, 5.41) is 1.19. The van der Waals surface area contributed by atoms with Gasteiger partial charge in [0.1, 0.15) is 12.0 Å². The minimum atomic E-state index is 0.396. The normalized spacial score (nSPS) is 25.3. The van der Waals surface area contributed by atoms with Crippen molar-refractivity contribution in [3.63, 3.8) is 0 Å². The smallest absolute Gasteiger partial charge is 0.141 e. The third kappa shape index (κ3) is 1.82. The Balaban J connectivity index is 2.02. The monoisotopic (exact) mass is 230 g/mol. The van der Waals surface area contributed by atoms with Crippen molar-refractivity contribution in [3.8, 4) is 0 Å². The number of nitrogens with one attached hydrogen (secondary N) is 1. The first-order valence-electron chi connectivity index (χ1n) is 6.29. The van der Waals surface area contributed by atoms with E-state index in [0.717, 1.165) is 18.5 Å². The predicted octanol–water partition coefficient (Wildman–Crippen LogP) is 2.25. The van der Waals surface area contributed by atoms with E-state index in [1.165, 1.54) is 29.5 Å². The van der Waals surface area contributed by atoms with Crippen LogP contribution in [0.15, 0.2) is 12.5 Å². The summed E-state index contributed by atoms with van der Waals surface area (Å²) in [5.41, 5.74) is 9.58. The molecule has 4 nitrogen and oxygen atoms in total. The Morgan fingerprint density at radius 1 is 1.29 bits per heavy atom. The van der Waals surface area contributed by atoms with Crippen molar-refractivity contribution in [2.75, 3.05) is 0 Å². The number of rotatable bonds is 1. The van der Waals surface area contributed by atoms with E-state index in [9.17, 15) is 0 Å². The fourth-order valence-electron chi connectivity index (χ4n) is 3.01. The lowest BCUT2D eigenvalue weighted by molar-refractivity contribution is 0.396. The Hall–Kier alpha value is -1.42. The first-order chi connectivity index (χ1) is 8.25. The van der Waals surface area contributed by atoms with Crippen LogP contribution in [-0.4, -0.2) is 21.0 Å². The van der Waals surface area contributed by atoms with Crippen molar-refractivity contribution >= 4 is 11.0 Å². The zero-order chi connectivity index (χ0) is 11.8. The summed E-state index contributed by atoms with van der Waals surface area (Å²) in [5.74, 6) is 0.620. The summed E-state index contributed by atoms with van der Waals surface area (Å²) in [6, 6.07) is 0.396. The molecule has 3 N–H and O–H groups in total. The molecule has 0 bridgehead atoms. The van der Waals surface area contributed by atoms with E-state index in [1.54, 1.807) is 6.33 Å². The second kappa shape index (κ2) is 4.11. The lowest BCUT2D eigenvalue weighted by Gasteiger charge is -2.26. The Morgan fingerprint density at radius 2 is 2.06 bits per heavy atom. The van der Waals surface area contributed by atoms with Gasteiger partial charge in [-0.25, -0.2) is 9.97 Å². The number of hydrogen-bond acceptors (Lipinski definition) is 3. The number of H-pyrrole nitrogens is 1. The molecule has 2 aromatic heterocycles. The molecule has 1 aliphatic carbocycles. The molecule has 0 aromatic carbocycles. The number of aromatic amines is 1. The maximum atomic E-state index is 5.97. The largest absolute Gasteiger partial charge is 0.343 e. The summed E-state index contributed by atoms with van der Waals surface area (Å²) in [6.07, 6.45) is 8.15. The van der Waals surface area contributed by atoms with Gasteiger partial charge in [0.15, 0.2) is 0 Å². The van der Waals surface area contributed by atoms with Crippen LogP contribution < -0.4 is 5.73 Å². The summed E-state index contributed by atoms with van der Waals surface area (Å²) >= 11 is 0. The zero-order valence-corrected chi connectivity index (χ0v) is 10.1. The van der Waals surface area contributed by atoms with E-state index < -0.39 is 0 Å². The van der Waals surface area contributed by atoms with E-state index in [0.29, 0.717) is 12.0 Å². The first kappa shape index (κ1) is 10.7. The van der Waals surface area contributed by atoms with Gasteiger partial charge in [0, 0.05) is 23.3 Å². The molecule has 90 valence electrons. The van der Waals surface area contributed by atoms with Gasteiger partial charge < -0.3 is 10.7 Å². The van der Waals surface area contributed by atoms with E-state index in [2.05, 4.69) is 21.9 Å². The van der Waals surface area contributed by atoms with Crippen LogP contribution in [0.2, 0.25) is 0 Å². The van der Waals surface area contributed by atoms with Crippen LogP contribution in [0.4, 0.5) is 0 Å². The Bertz CT molecular complexity index is 523. The van der Waals surface area contributed by atoms with Crippen LogP contribution in [-0.2, 0) is 0 Å². The molecule has 0 unspecified atom stereocenters. The van der Waals surface area contributed by atoms with Crippen LogP contribution in [0.3, 0.4) is 0 Å². The molecule has 2 aromatic rings. The average molecular weight is 230 g/mol. The molecule has 2 heterocycles. The number of fused-ring (bicyclic) bond motifs is 1. The van der Waals surface area contributed by atoms with Crippen LogP contribution >= 0.6 is 0 Å². The molecule has 0 aliphatic heterocycles. The zero-order valence-electron chi connectivity index (χ0n) is 10.1. The predicted molar refractivity (Wildman–Crippen MR) is 67.8 cm³/mol. The third-order valence-electron chi connectivity index (χ3n) is 3.89. The van der Waals surface area contributed by atoms with Crippen molar-refractivity contribution in [2.45, 2.75) is 44.6 Å². The molecule has 0 radical (unpaired) electrons. The van der Waals surface area contributed by atoms with Crippen molar-refractivity contribution < 1.29 is 0 Å². The quantitative estimate of drug-likeness (QED) is 0.789. The Morgan fingerprint density at radius 3 is 2.82 bits per heavy atom. The highest BCUT2D eigenvalue weighted by molar-refractivity contribution is 5.80. The summed E-state index contributed by atoms with van der Waals surface area (Å²) in [7, 11) is 0. The van der Waals surface area contributed by atoms with Gasteiger partial charge >= 0.3 is 0 Å². The highest BCUT2D eigenvalue weighted by Crippen LogP contribution is 2.37. The molecule has 1 fully saturated rings. The summed E-state index contributed by atoms with van der Waals surface area (Å²) in [6.45, 7) is 2.13. The SMILES string of the molecule is Cc1[nH]c2ncncc2c1C1CCC(N)CC1. The highest BCUT2D eigenvalue weighted by atomic mass is 14.9. The van der Waals surface area contributed by atoms with Gasteiger partial charge in [0.25, 0.3) is 0 Å².